The first kappa shape index (κ1) is 19.7. The minimum absolute atomic E-state index is 0.151. The third-order valence-electron chi connectivity index (χ3n) is 5.55. The summed E-state index contributed by atoms with van der Waals surface area (Å²) in [7, 11) is 1.60. The highest BCUT2D eigenvalue weighted by atomic mass is 16.6. The Labute approximate surface area is 179 Å². The topological polar surface area (TPSA) is 84.7 Å². The molecule has 4 heterocycles. The van der Waals surface area contributed by atoms with Gasteiger partial charge in [0, 0.05) is 36.0 Å². The third-order valence-corrected chi connectivity index (χ3v) is 5.55. The molecule has 160 valence electrons. The number of hydrogen-bond donors (Lipinski definition) is 0. The Morgan fingerprint density at radius 3 is 2.81 bits per heavy atom. The van der Waals surface area contributed by atoms with E-state index < -0.39 is 0 Å². The lowest BCUT2D eigenvalue weighted by Gasteiger charge is -2.24. The number of methoxy groups -OCH3 is 1. The van der Waals surface area contributed by atoms with Crippen molar-refractivity contribution >= 4 is 0 Å². The van der Waals surface area contributed by atoms with Gasteiger partial charge in [0.25, 0.3) is 0 Å². The average molecular weight is 421 g/mol. The molecule has 0 bridgehead atoms. The van der Waals surface area contributed by atoms with Gasteiger partial charge < -0.3 is 18.9 Å². The fraction of sp³-hybridized carbons (Fsp3) is 0.348. The number of aromatic nitrogens is 3. The van der Waals surface area contributed by atoms with Gasteiger partial charge in [0.05, 0.1) is 32.6 Å². The first-order valence-corrected chi connectivity index (χ1v) is 10.3. The number of rotatable bonds is 5. The Bertz CT molecular complexity index is 1140. The van der Waals surface area contributed by atoms with Crippen molar-refractivity contribution in [2.24, 2.45) is 0 Å². The van der Waals surface area contributed by atoms with Crippen molar-refractivity contribution in [3.8, 4) is 34.1 Å². The molecule has 0 spiro atoms. The maximum Gasteiger partial charge on any atom is 0.351 e. The Morgan fingerprint density at radius 2 is 2.03 bits per heavy atom. The molecule has 0 saturated carbocycles. The standard InChI is InChI=1S/C23H23N3O5/c1-28-21-5-3-17(12-24-21)15-2-4-19-16(10-15)6-7-26-20(19)11-22(25-23(26)27)31-14-18-13-29-8-9-30-18/h2-5,10-12,18H,6-9,13-14H2,1H3. The molecule has 2 aromatic heterocycles. The maximum absolute atomic E-state index is 12.6. The van der Waals surface area contributed by atoms with Crippen LogP contribution in [0.5, 0.6) is 11.8 Å². The van der Waals surface area contributed by atoms with Crippen molar-refractivity contribution < 1.29 is 18.9 Å². The first-order valence-electron chi connectivity index (χ1n) is 10.3. The van der Waals surface area contributed by atoms with Crippen LogP contribution in [0.2, 0.25) is 0 Å². The van der Waals surface area contributed by atoms with E-state index in [4.69, 9.17) is 18.9 Å². The summed E-state index contributed by atoms with van der Waals surface area (Å²) in [5, 5.41) is 0. The average Bonchev–Trinajstić information content (AvgIpc) is 2.83. The zero-order valence-corrected chi connectivity index (χ0v) is 17.2. The minimum atomic E-state index is -0.303. The summed E-state index contributed by atoms with van der Waals surface area (Å²) in [6.07, 6.45) is 2.41. The van der Waals surface area contributed by atoms with Crippen molar-refractivity contribution in [2.75, 3.05) is 33.5 Å². The maximum atomic E-state index is 12.6. The third kappa shape index (κ3) is 4.04. The second-order valence-corrected chi connectivity index (χ2v) is 7.50. The van der Waals surface area contributed by atoms with E-state index in [0.717, 1.165) is 28.8 Å². The van der Waals surface area contributed by atoms with Crippen molar-refractivity contribution in [1.82, 2.24) is 14.5 Å². The summed E-state index contributed by atoms with van der Waals surface area (Å²) in [4.78, 5) is 21.0. The van der Waals surface area contributed by atoms with Crippen molar-refractivity contribution in [3.63, 3.8) is 0 Å². The summed E-state index contributed by atoms with van der Waals surface area (Å²) < 4.78 is 23.6. The number of nitrogens with zero attached hydrogens (tertiary/aromatic N) is 3. The molecule has 8 nitrogen and oxygen atoms in total. The van der Waals surface area contributed by atoms with Crippen LogP contribution >= 0.6 is 0 Å². The molecule has 3 aromatic rings. The Kier molecular flexibility index (Phi) is 5.40. The highest BCUT2D eigenvalue weighted by molar-refractivity contribution is 5.73. The van der Waals surface area contributed by atoms with Gasteiger partial charge in [-0.15, -0.1) is 0 Å². The number of fused-ring (bicyclic) bond motifs is 3. The number of aryl methyl sites for hydroxylation is 1. The quantitative estimate of drug-likeness (QED) is 0.625. The van der Waals surface area contributed by atoms with Gasteiger partial charge in [0.1, 0.15) is 12.7 Å². The largest absolute Gasteiger partial charge is 0.481 e. The van der Waals surface area contributed by atoms with E-state index in [-0.39, 0.29) is 11.8 Å². The lowest BCUT2D eigenvalue weighted by atomic mass is 9.94. The van der Waals surface area contributed by atoms with E-state index >= 15 is 0 Å². The lowest BCUT2D eigenvalue weighted by molar-refractivity contribution is -0.102. The molecule has 5 rings (SSSR count). The van der Waals surface area contributed by atoms with Crippen molar-refractivity contribution in [1.29, 1.82) is 0 Å². The van der Waals surface area contributed by atoms with Gasteiger partial charge in [-0.2, -0.15) is 4.98 Å². The number of benzene rings is 1. The van der Waals surface area contributed by atoms with Crippen LogP contribution in [0.3, 0.4) is 0 Å². The summed E-state index contributed by atoms with van der Waals surface area (Å²) >= 11 is 0. The molecule has 8 heteroatoms. The van der Waals surface area contributed by atoms with Gasteiger partial charge in [0.15, 0.2) is 0 Å². The van der Waals surface area contributed by atoms with Crippen LogP contribution in [-0.2, 0) is 22.4 Å². The van der Waals surface area contributed by atoms with Gasteiger partial charge in [-0.1, -0.05) is 18.2 Å². The molecule has 31 heavy (non-hydrogen) atoms. The molecule has 1 fully saturated rings. The molecule has 0 amide bonds. The van der Waals surface area contributed by atoms with Crippen molar-refractivity contribution in [2.45, 2.75) is 19.1 Å². The second kappa shape index (κ2) is 8.49. The van der Waals surface area contributed by atoms with Gasteiger partial charge in [-0.05, 0) is 23.6 Å². The second-order valence-electron chi connectivity index (χ2n) is 7.50. The van der Waals surface area contributed by atoms with Crippen LogP contribution in [0.1, 0.15) is 5.56 Å². The predicted octanol–water partition coefficient (Wildman–Crippen LogP) is 2.33. The Morgan fingerprint density at radius 1 is 1.13 bits per heavy atom. The van der Waals surface area contributed by atoms with Crippen LogP contribution in [0.15, 0.2) is 47.4 Å². The smallest absolute Gasteiger partial charge is 0.351 e. The summed E-state index contributed by atoms with van der Waals surface area (Å²) in [6, 6.07) is 11.9. The molecular weight excluding hydrogens is 398 g/mol. The highest BCUT2D eigenvalue weighted by Crippen LogP contribution is 2.33. The van der Waals surface area contributed by atoms with Gasteiger partial charge in [-0.25, -0.2) is 9.78 Å². The predicted molar refractivity (Wildman–Crippen MR) is 113 cm³/mol. The Balaban J connectivity index is 1.42. The molecular formula is C23H23N3O5. The van der Waals surface area contributed by atoms with Gasteiger partial charge in [-0.3, -0.25) is 4.57 Å². The van der Waals surface area contributed by atoms with E-state index in [0.29, 0.717) is 44.7 Å². The summed E-state index contributed by atoms with van der Waals surface area (Å²) in [5.74, 6) is 0.891. The van der Waals surface area contributed by atoms with Crippen molar-refractivity contribution in [3.05, 3.63) is 58.6 Å². The van der Waals surface area contributed by atoms with E-state index in [1.165, 1.54) is 5.56 Å². The minimum Gasteiger partial charge on any atom is -0.481 e. The van der Waals surface area contributed by atoms with Crippen LogP contribution < -0.4 is 15.2 Å². The zero-order chi connectivity index (χ0) is 21.2. The van der Waals surface area contributed by atoms with E-state index in [9.17, 15) is 4.79 Å². The molecule has 1 saturated heterocycles. The van der Waals surface area contributed by atoms with E-state index in [2.05, 4.69) is 16.0 Å². The fourth-order valence-electron chi connectivity index (χ4n) is 3.94. The molecule has 2 aliphatic rings. The molecule has 0 radical (unpaired) electrons. The number of pyridine rings is 1. The van der Waals surface area contributed by atoms with Crippen LogP contribution in [0, 0.1) is 0 Å². The highest BCUT2D eigenvalue weighted by Gasteiger charge is 2.21. The molecule has 1 unspecified atom stereocenters. The molecule has 2 aliphatic heterocycles. The fourth-order valence-corrected chi connectivity index (χ4v) is 3.94. The molecule has 0 N–H and O–H groups in total. The van der Waals surface area contributed by atoms with Crippen LogP contribution in [0.25, 0.3) is 22.4 Å². The lowest BCUT2D eigenvalue weighted by Crippen LogP contribution is -2.34. The molecule has 1 atom stereocenters. The zero-order valence-electron chi connectivity index (χ0n) is 17.2. The number of hydrogen-bond acceptors (Lipinski definition) is 7. The summed E-state index contributed by atoms with van der Waals surface area (Å²) in [6.45, 7) is 2.51. The van der Waals surface area contributed by atoms with E-state index in [1.807, 2.05) is 30.3 Å². The molecule has 1 aromatic carbocycles. The van der Waals surface area contributed by atoms with Crippen LogP contribution in [0.4, 0.5) is 0 Å². The van der Waals surface area contributed by atoms with Gasteiger partial charge >= 0.3 is 5.69 Å². The SMILES string of the molecule is COc1ccc(-c2ccc3c(c2)CCn2c-3cc(OCC3COCCO3)nc2=O)cn1. The monoisotopic (exact) mass is 421 g/mol. The normalized spacial score (nSPS) is 17.5. The van der Waals surface area contributed by atoms with Crippen LogP contribution in [-0.4, -0.2) is 54.2 Å². The number of ether oxygens (including phenoxy) is 4. The first-order chi connectivity index (χ1) is 15.2. The Hall–Kier alpha value is -3.23. The molecule has 0 aliphatic carbocycles. The van der Waals surface area contributed by atoms with E-state index in [1.54, 1.807) is 17.9 Å². The summed E-state index contributed by atoms with van der Waals surface area (Å²) in [5.41, 5.74) is 4.79. The van der Waals surface area contributed by atoms with Gasteiger partial charge in [0.2, 0.25) is 11.8 Å².